The number of rotatable bonds is 5. The quantitative estimate of drug-likeness (QED) is 0.336. The Hall–Kier alpha value is -3.17. The number of thioether (sulfide) groups is 1. The predicted octanol–water partition coefficient (Wildman–Crippen LogP) is 4.32. The van der Waals surface area contributed by atoms with E-state index in [1.807, 2.05) is 35.0 Å². The summed E-state index contributed by atoms with van der Waals surface area (Å²) in [5, 5.41) is 3.21. The molecule has 1 fully saturated rings. The van der Waals surface area contributed by atoms with E-state index in [-0.39, 0.29) is 10.1 Å². The molecule has 0 radical (unpaired) electrons. The second-order valence-electron chi connectivity index (χ2n) is 6.57. The Labute approximate surface area is 180 Å². The topological polar surface area (TPSA) is 71.7 Å². The number of hydrogen-bond acceptors (Lipinski definition) is 5. The summed E-state index contributed by atoms with van der Waals surface area (Å²) in [5.74, 6) is -1.70. The van der Waals surface area contributed by atoms with Gasteiger partial charge in [-0.1, -0.05) is 60.4 Å². The summed E-state index contributed by atoms with van der Waals surface area (Å²) in [5.41, 5.74) is 2.21. The van der Waals surface area contributed by atoms with E-state index in [9.17, 15) is 18.9 Å². The van der Waals surface area contributed by atoms with Crippen molar-refractivity contribution in [2.45, 2.75) is 6.54 Å². The highest BCUT2D eigenvalue weighted by molar-refractivity contribution is 8.26. The van der Waals surface area contributed by atoms with Crippen LogP contribution in [0.2, 0.25) is 0 Å². The molecule has 150 valence electrons. The first-order valence-electron chi connectivity index (χ1n) is 8.91. The summed E-state index contributed by atoms with van der Waals surface area (Å²) >= 11 is 6.22. The Bertz CT molecular complexity index is 1240. The minimum absolute atomic E-state index is 0.193. The van der Waals surface area contributed by atoms with E-state index in [4.69, 9.17) is 12.2 Å². The lowest BCUT2D eigenvalue weighted by molar-refractivity contribution is -0.127. The maximum absolute atomic E-state index is 14.1. The zero-order valence-corrected chi connectivity index (χ0v) is 17.1. The maximum Gasteiger partial charge on any atom is 0.306 e. The van der Waals surface area contributed by atoms with E-state index in [0.717, 1.165) is 33.1 Å². The van der Waals surface area contributed by atoms with Crippen LogP contribution in [0, 0.1) is 10.7 Å². The average Bonchev–Trinajstić information content (AvgIpc) is 3.22. The van der Waals surface area contributed by atoms with Gasteiger partial charge in [-0.15, -0.1) is 4.91 Å². The molecule has 0 N–H and O–H groups in total. The molecule has 0 saturated carbocycles. The number of amides is 2. The van der Waals surface area contributed by atoms with Crippen LogP contribution in [0.15, 0.2) is 64.8 Å². The van der Waals surface area contributed by atoms with Crippen LogP contribution in [0.5, 0.6) is 0 Å². The van der Waals surface area contributed by atoms with Crippen molar-refractivity contribution in [3.63, 3.8) is 0 Å². The van der Waals surface area contributed by atoms with E-state index in [1.165, 1.54) is 6.07 Å². The van der Waals surface area contributed by atoms with Crippen LogP contribution in [0.4, 0.5) is 4.39 Å². The van der Waals surface area contributed by atoms with Crippen LogP contribution in [0.3, 0.4) is 0 Å². The molecule has 1 saturated heterocycles. The monoisotopic (exact) mass is 439 g/mol. The van der Waals surface area contributed by atoms with Gasteiger partial charge in [-0.05, 0) is 18.2 Å². The molecular weight excluding hydrogens is 425 g/mol. The molecule has 9 heteroatoms. The number of halogens is 1. The summed E-state index contributed by atoms with van der Waals surface area (Å²) in [4.78, 5) is 35.7. The van der Waals surface area contributed by atoms with Gasteiger partial charge in [0.1, 0.15) is 16.7 Å². The van der Waals surface area contributed by atoms with Gasteiger partial charge >= 0.3 is 5.91 Å². The lowest BCUT2D eigenvalue weighted by Gasteiger charge is -2.09. The number of fused-ring (bicyclic) bond motifs is 1. The molecular formula is C21H14FN3O3S2. The number of hydrogen-bond donors (Lipinski definition) is 0. The Morgan fingerprint density at radius 2 is 1.90 bits per heavy atom. The summed E-state index contributed by atoms with van der Waals surface area (Å²) in [6, 6.07) is 14.2. The van der Waals surface area contributed by atoms with Gasteiger partial charge in [0, 0.05) is 33.4 Å². The van der Waals surface area contributed by atoms with E-state index in [1.54, 1.807) is 24.3 Å². The fourth-order valence-corrected chi connectivity index (χ4v) is 4.52. The summed E-state index contributed by atoms with van der Waals surface area (Å²) in [7, 11) is 0. The number of nitrogens with zero attached hydrogens (tertiary/aromatic N) is 3. The van der Waals surface area contributed by atoms with E-state index in [2.05, 4.69) is 5.18 Å². The molecule has 0 unspecified atom stereocenters. The molecule has 1 aliphatic rings. The van der Waals surface area contributed by atoms with E-state index >= 15 is 0 Å². The minimum Gasteiger partial charge on any atom is -0.342 e. The predicted molar refractivity (Wildman–Crippen MR) is 118 cm³/mol. The summed E-state index contributed by atoms with van der Waals surface area (Å²) < 4.78 is 16.2. The number of carbonyl (C=O) groups excluding carboxylic acids is 2. The average molecular weight is 439 g/mol. The molecule has 2 amide bonds. The fraction of sp³-hybridized carbons (Fsp3) is 0.0952. The third-order valence-corrected chi connectivity index (χ3v) is 6.05. The third kappa shape index (κ3) is 3.81. The van der Waals surface area contributed by atoms with Crippen LogP contribution >= 0.6 is 24.0 Å². The van der Waals surface area contributed by atoms with Crippen molar-refractivity contribution < 1.29 is 14.0 Å². The molecule has 2 heterocycles. The van der Waals surface area contributed by atoms with Gasteiger partial charge in [0.2, 0.25) is 0 Å². The van der Waals surface area contributed by atoms with Gasteiger partial charge in [-0.2, -0.15) is 0 Å². The van der Waals surface area contributed by atoms with Crippen molar-refractivity contribution in [2.75, 3.05) is 6.54 Å². The van der Waals surface area contributed by atoms with Crippen molar-refractivity contribution in [2.24, 2.45) is 5.18 Å². The van der Waals surface area contributed by atoms with Crippen LogP contribution < -0.4 is 0 Å². The second kappa shape index (κ2) is 8.29. The molecule has 0 atom stereocenters. The second-order valence-corrected chi connectivity index (χ2v) is 8.25. The lowest BCUT2D eigenvalue weighted by Crippen LogP contribution is -2.32. The van der Waals surface area contributed by atoms with Crippen molar-refractivity contribution in [3.05, 3.63) is 81.5 Å². The maximum atomic E-state index is 14.1. The van der Waals surface area contributed by atoms with Gasteiger partial charge < -0.3 is 4.57 Å². The van der Waals surface area contributed by atoms with Crippen molar-refractivity contribution in [1.82, 2.24) is 9.47 Å². The number of para-hydroxylation sites is 1. The van der Waals surface area contributed by atoms with Crippen molar-refractivity contribution in [3.8, 4) is 0 Å². The zero-order chi connectivity index (χ0) is 21.3. The van der Waals surface area contributed by atoms with Crippen LogP contribution in [-0.4, -0.2) is 32.1 Å². The van der Waals surface area contributed by atoms with Gasteiger partial charge in [0.25, 0.3) is 5.91 Å². The Kier molecular flexibility index (Phi) is 5.56. The van der Waals surface area contributed by atoms with Crippen LogP contribution in [0.1, 0.15) is 11.1 Å². The van der Waals surface area contributed by atoms with E-state index in [0.29, 0.717) is 17.0 Å². The zero-order valence-electron chi connectivity index (χ0n) is 15.4. The first kappa shape index (κ1) is 20.1. The Morgan fingerprint density at radius 1 is 1.17 bits per heavy atom. The number of carbonyl (C=O) groups is 2. The molecule has 30 heavy (non-hydrogen) atoms. The Morgan fingerprint density at radius 3 is 2.67 bits per heavy atom. The first-order chi connectivity index (χ1) is 14.5. The smallest absolute Gasteiger partial charge is 0.306 e. The SMILES string of the molecule is O=NC(=O)CN1C(=O)/C(=C\c2cn(Cc3ccccc3F)c3ccccc23)SC1=S. The van der Waals surface area contributed by atoms with Crippen molar-refractivity contribution >= 4 is 57.1 Å². The van der Waals surface area contributed by atoms with E-state index < -0.39 is 18.4 Å². The number of thiocarbonyl (C=S) groups is 1. The van der Waals surface area contributed by atoms with Gasteiger partial charge in [-0.3, -0.25) is 14.5 Å². The molecule has 6 nitrogen and oxygen atoms in total. The molecule has 3 aromatic rings. The molecule has 1 aromatic heterocycles. The molecule has 0 spiro atoms. The van der Waals surface area contributed by atoms with Crippen LogP contribution in [-0.2, 0) is 16.1 Å². The van der Waals surface area contributed by atoms with Crippen LogP contribution in [0.25, 0.3) is 17.0 Å². The molecule has 0 bridgehead atoms. The highest BCUT2D eigenvalue weighted by atomic mass is 32.2. The summed E-state index contributed by atoms with van der Waals surface area (Å²) in [6.45, 7) is -0.137. The fourth-order valence-electron chi connectivity index (χ4n) is 3.27. The number of nitroso groups, excluding NO2 is 1. The molecule has 4 rings (SSSR count). The standard InChI is InChI=1S/C21H14FN3O3S2/c22-16-7-3-1-5-13(16)10-24-11-14(15-6-2-4-8-17(15)24)9-18-20(27)25(21(29)30-18)12-19(26)23-28/h1-9,11H,10,12H2/b18-9+. The van der Waals surface area contributed by atoms with Gasteiger partial charge in [0.15, 0.2) is 0 Å². The largest absolute Gasteiger partial charge is 0.342 e. The molecule has 1 aliphatic heterocycles. The highest BCUT2D eigenvalue weighted by Gasteiger charge is 2.33. The number of benzene rings is 2. The summed E-state index contributed by atoms with van der Waals surface area (Å²) in [6.07, 6.45) is 3.54. The Balaban J connectivity index is 1.71. The van der Waals surface area contributed by atoms with Gasteiger partial charge in [0.05, 0.1) is 11.4 Å². The third-order valence-electron chi connectivity index (χ3n) is 4.67. The molecule has 2 aromatic carbocycles. The minimum atomic E-state index is -0.964. The molecule has 0 aliphatic carbocycles. The van der Waals surface area contributed by atoms with Gasteiger partial charge in [-0.25, -0.2) is 4.39 Å². The normalized spacial score (nSPS) is 15.4. The lowest BCUT2D eigenvalue weighted by atomic mass is 10.1. The first-order valence-corrected chi connectivity index (χ1v) is 10.1. The number of aromatic nitrogens is 1. The highest BCUT2D eigenvalue weighted by Crippen LogP contribution is 2.34. The van der Waals surface area contributed by atoms with Crippen molar-refractivity contribution in [1.29, 1.82) is 0 Å².